The van der Waals surface area contributed by atoms with E-state index in [0.717, 1.165) is 17.1 Å². The molecule has 2 nitrogen and oxygen atoms in total. The fraction of sp³-hybridized carbons (Fsp3) is 0.333. The first-order valence-electron chi connectivity index (χ1n) is 4.58. The third kappa shape index (κ3) is 2.08. The fourth-order valence-corrected chi connectivity index (χ4v) is 1.28. The average molecular weight is 192 g/mol. The van der Waals surface area contributed by atoms with Crippen molar-refractivity contribution < 1.29 is 9.47 Å². The minimum atomic E-state index is 0.849. The molecule has 0 aliphatic carbocycles. The van der Waals surface area contributed by atoms with Gasteiger partial charge in [-0.25, -0.2) is 0 Å². The van der Waals surface area contributed by atoms with Gasteiger partial charge in [0, 0.05) is 5.56 Å². The monoisotopic (exact) mass is 192 g/mol. The maximum Gasteiger partial charge on any atom is 0.126 e. The highest BCUT2D eigenvalue weighted by atomic mass is 16.5. The zero-order valence-corrected chi connectivity index (χ0v) is 9.13. The number of methoxy groups -OCH3 is 2. The van der Waals surface area contributed by atoms with Gasteiger partial charge in [-0.1, -0.05) is 6.08 Å². The highest BCUT2D eigenvalue weighted by molar-refractivity contribution is 5.70. The van der Waals surface area contributed by atoms with Crippen LogP contribution in [0.15, 0.2) is 24.3 Å². The Morgan fingerprint density at radius 3 is 2.43 bits per heavy atom. The molecule has 76 valence electrons. The van der Waals surface area contributed by atoms with E-state index in [1.54, 1.807) is 14.2 Å². The van der Waals surface area contributed by atoms with Gasteiger partial charge in [0.15, 0.2) is 0 Å². The van der Waals surface area contributed by atoms with Crippen LogP contribution >= 0.6 is 0 Å². The molecule has 0 N–H and O–H groups in total. The van der Waals surface area contributed by atoms with Crippen molar-refractivity contribution in [1.29, 1.82) is 0 Å². The zero-order valence-electron chi connectivity index (χ0n) is 9.13. The molecule has 2 heteroatoms. The lowest BCUT2D eigenvalue weighted by Gasteiger charge is -2.10. The molecule has 0 aromatic heterocycles. The van der Waals surface area contributed by atoms with E-state index < -0.39 is 0 Å². The molecule has 1 rings (SSSR count). The Hall–Kier alpha value is -1.44. The van der Waals surface area contributed by atoms with Crippen LogP contribution in [0.1, 0.15) is 19.4 Å². The van der Waals surface area contributed by atoms with Gasteiger partial charge in [0.1, 0.15) is 11.5 Å². The lowest BCUT2D eigenvalue weighted by atomic mass is 10.1. The zero-order chi connectivity index (χ0) is 10.6. The molecule has 0 bridgehead atoms. The molecule has 0 aliphatic heterocycles. The maximum atomic E-state index is 5.27. The second kappa shape index (κ2) is 4.70. The van der Waals surface area contributed by atoms with Crippen LogP contribution in [-0.4, -0.2) is 14.2 Å². The predicted octanol–water partition coefficient (Wildman–Crippen LogP) is 3.13. The predicted molar refractivity (Wildman–Crippen MR) is 58.9 cm³/mol. The van der Waals surface area contributed by atoms with Gasteiger partial charge in [0.2, 0.25) is 0 Å². The lowest BCUT2D eigenvalue weighted by Crippen LogP contribution is -1.91. The Bertz CT molecular complexity index is 340. The van der Waals surface area contributed by atoms with Crippen molar-refractivity contribution in [3.05, 3.63) is 29.8 Å². The van der Waals surface area contributed by atoms with E-state index >= 15 is 0 Å². The molecule has 0 aliphatic rings. The topological polar surface area (TPSA) is 18.5 Å². The number of allylic oxidation sites excluding steroid dienone is 2. The molecule has 1 aromatic rings. The van der Waals surface area contributed by atoms with Crippen molar-refractivity contribution >= 4 is 5.57 Å². The second-order valence-corrected chi connectivity index (χ2v) is 3.04. The van der Waals surface area contributed by atoms with E-state index in [1.807, 2.05) is 25.1 Å². The van der Waals surface area contributed by atoms with Crippen molar-refractivity contribution in [3.8, 4) is 11.5 Å². The summed E-state index contributed by atoms with van der Waals surface area (Å²) >= 11 is 0. The minimum absolute atomic E-state index is 0.849. The summed E-state index contributed by atoms with van der Waals surface area (Å²) in [5.41, 5.74) is 2.26. The Morgan fingerprint density at radius 1 is 1.21 bits per heavy atom. The van der Waals surface area contributed by atoms with E-state index in [0.29, 0.717) is 0 Å². The molecule has 14 heavy (non-hydrogen) atoms. The van der Waals surface area contributed by atoms with Crippen LogP contribution in [0.5, 0.6) is 11.5 Å². The number of rotatable bonds is 3. The molecule has 0 heterocycles. The van der Waals surface area contributed by atoms with Crippen LogP contribution < -0.4 is 9.47 Å². The molecular formula is C12H16O2. The van der Waals surface area contributed by atoms with Crippen LogP contribution in [0.4, 0.5) is 0 Å². The average Bonchev–Trinajstić information content (AvgIpc) is 2.27. The van der Waals surface area contributed by atoms with Crippen molar-refractivity contribution in [1.82, 2.24) is 0 Å². The van der Waals surface area contributed by atoms with Gasteiger partial charge in [-0.2, -0.15) is 0 Å². The number of hydrogen-bond acceptors (Lipinski definition) is 2. The highest BCUT2D eigenvalue weighted by Gasteiger charge is 2.05. The molecule has 0 radical (unpaired) electrons. The number of benzene rings is 1. The first-order chi connectivity index (χ1) is 6.72. The van der Waals surface area contributed by atoms with Gasteiger partial charge in [-0.3, -0.25) is 0 Å². The quantitative estimate of drug-likeness (QED) is 0.732. The maximum absolute atomic E-state index is 5.27. The molecule has 0 atom stereocenters. The van der Waals surface area contributed by atoms with Gasteiger partial charge in [0.05, 0.1) is 14.2 Å². The first-order valence-corrected chi connectivity index (χ1v) is 4.58. The summed E-state index contributed by atoms with van der Waals surface area (Å²) in [6.45, 7) is 4.06. The molecule has 0 spiro atoms. The largest absolute Gasteiger partial charge is 0.497 e. The Labute approximate surface area is 85.2 Å². The molecule has 0 amide bonds. The standard InChI is InChI=1S/C12H16O2/c1-5-9(2)11-8-10(13-3)6-7-12(11)14-4/h5-8H,1-4H3. The highest BCUT2D eigenvalue weighted by Crippen LogP contribution is 2.29. The first kappa shape index (κ1) is 10.6. The van der Waals surface area contributed by atoms with Gasteiger partial charge in [-0.15, -0.1) is 0 Å². The normalized spacial score (nSPS) is 11.3. The van der Waals surface area contributed by atoms with Crippen LogP contribution in [0.25, 0.3) is 5.57 Å². The van der Waals surface area contributed by atoms with Gasteiger partial charge in [-0.05, 0) is 37.6 Å². The molecule has 0 fully saturated rings. The van der Waals surface area contributed by atoms with E-state index in [-0.39, 0.29) is 0 Å². The fourth-order valence-electron chi connectivity index (χ4n) is 1.28. The van der Waals surface area contributed by atoms with Crippen molar-refractivity contribution in [3.63, 3.8) is 0 Å². The van der Waals surface area contributed by atoms with Gasteiger partial charge < -0.3 is 9.47 Å². The summed E-state index contributed by atoms with van der Waals surface area (Å²) in [7, 11) is 3.34. The second-order valence-electron chi connectivity index (χ2n) is 3.04. The number of ether oxygens (including phenoxy) is 2. The third-order valence-corrected chi connectivity index (χ3v) is 2.26. The van der Waals surface area contributed by atoms with E-state index in [1.165, 1.54) is 5.57 Å². The summed E-state index contributed by atoms with van der Waals surface area (Å²) in [5.74, 6) is 1.73. The van der Waals surface area contributed by atoms with Gasteiger partial charge in [0.25, 0.3) is 0 Å². The molecular weight excluding hydrogens is 176 g/mol. The Morgan fingerprint density at radius 2 is 1.93 bits per heavy atom. The van der Waals surface area contributed by atoms with E-state index in [4.69, 9.17) is 9.47 Å². The summed E-state index contributed by atoms with van der Waals surface area (Å²) in [6, 6.07) is 5.79. The van der Waals surface area contributed by atoms with Crippen LogP contribution in [-0.2, 0) is 0 Å². The third-order valence-electron chi connectivity index (χ3n) is 2.26. The summed E-state index contributed by atoms with van der Waals surface area (Å²) in [6.07, 6.45) is 2.05. The smallest absolute Gasteiger partial charge is 0.126 e. The Kier molecular flexibility index (Phi) is 3.57. The molecule has 0 unspecified atom stereocenters. The minimum Gasteiger partial charge on any atom is -0.497 e. The lowest BCUT2D eigenvalue weighted by molar-refractivity contribution is 0.402. The van der Waals surface area contributed by atoms with Crippen LogP contribution in [0.3, 0.4) is 0 Å². The summed E-state index contributed by atoms with van der Waals surface area (Å²) in [4.78, 5) is 0. The van der Waals surface area contributed by atoms with E-state index in [2.05, 4.69) is 13.0 Å². The van der Waals surface area contributed by atoms with Gasteiger partial charge >= 0.3 is 0 Å². The number of hydrogen-bond donors (Lipinski definition) is 0. The van der Waals surface area contributed by atoms with Crippen molar-refractivity contribution in [2.75, 3.05) is 14.2 Å². The molecule has 1 aromatic carbocycles. The van der Waals surface area contributed by atoms with Crippen LogP contribution in [0.2, 0.25) is 0 Å². The SMILES string of the molecule is CC=C(C)c1cc(OC)ccc1OC. The van der Waals surface area contributed by atoms with E-state index in [9.17, 15) is 0 Å². The van der Waals surface area contributed by atoms with Crippen LogP contribution in [0, 0.1) is 0 Å². The summed E-state index contributed by atoms with van der Waals surface area (Å²) in [5, 5.41) is 0. The Balaban J connectivity index is 3.21. The molecule has 0 saturated carbocycles. The van der Waals surface area contributed by atoms with Crippen molar-refractivity contribution in [2.24, 2.45) is 0 Å². The molecule has 0 saturated heterocycles. The van der Waals surface area contributed by atoms with Crippen molar-refractivity contribution in [2.45, 2.75) is 13.8 Å². The summed E-state index contributed by atoms with van der Waals surface area (Å²) < 4.78 is 10.4.